The Morgan fingerprint density at radius 2 is 1.82 bits per heavy atom. The lowest BCUT2D eigenvalue weighted by molar-refractivity contribution is 0.0964. The molecule has 0 aliphatic heterocycles. The molecule has 1 aliphatic carbocycles. The van der Waals surface area contributed by atoms with E-state index in [1.807, 2.05) is 6.07 Å². The smallest absolute Gasteiger partial charge is 0.255 e. The third kappa shape index (κ3) is 6.24. The van der Waals surface area contributed by atoms with Crippen LogP contribution in [0.2, 0.25) is 0 Å². The topological polar surface area (TPSA) is 105 Å². The molecule has 2 aromatic carbocycles. The molecule has 2 aromatic heterocycles. The summed E-state index contributed by atoms with van der Waals surface area (Å²) in [5.41, 5.74) is 3.03. The molecule has 1 saturated carbocycles. The van der Waals surface area contributed by atoms with Crippen LogP contribution in [-0.4, -0.2) is 37.6 Å². The predicted molar refractivity (Wildman–Crippen MR) is 152 cm³/mol. The zero-order chi connectivity index (χ0) is 28.2. The lowest BCUT2D eigenvalue weighted by Gasteiger charge is -2.18. The Balaban J connectivity index is 1.51. The number of carbonyl (C=O) groups excluding carboxylic acids is 1. The van der Waals surface area contributed by atoms with Crippen LogP contribution in [0.5, 0.6) is 11.5 Å². The molecule has 5 rings (SSSR count). The average molecular weight is 566 g/mol. The van der Waals surface area contributed by atoms with Gasteiger partial charge in [-0.15, -0.1) is 0 Å². The van der Waals surface area contributed by atoms with Crippen LogP contribution < -0.4 is 10.1 Å². The van der Waals surface area contributed by atoms with E-state index in [1.54, 1.807) is 43.4 Å². The number of pyridine rings is 1. The molecule has 10 heteroatoms. The van der Waals surface area contributed by atoms with Crippen LogP contribution in [0.25, 0.3) is 22.4 Å². The van der Waals surface area contributed by atoms with Gasteiger partial charge in [0, 0.05) is 19.2 Å². The van der Waals surface area contributed by atoms with Gasteiger partial charge < -0.3 is 14.5 Å². The Hall–Kier alpha value is -3.60. The highest BCUT2D eigenvalue weighted by Crippen LogP contribution is 2.44. The number of benzene rings is 2. The number of unbranched alkanes of at least 4 members (excludes halogenated alkanes) is 2. The Kier molecular flexibility index (Phi) is 8.58. The van der Waals surface area contributed by atoms with Gasteiger partial charge in [-0.2, -0.15) is 4.31 Å². The molecule has 210 valence electrons. The highest BCUT2D eigenvalue weighted by molar-refractivity contribution is 7.76. The van der Waals surface area contributed by atoms with E-state index in [0.29, 0.717) is 57.6 Å². The first-order valence-electron chi connectivity index (χ1n) is 13.5. The number of halogens is 1. The highest BCUT2D eigenvalue weighted by atomic mass is 32.2. The van der Waals surface area contributed by atoms with Crippen LogP contribution in [0.15, 0.2) is 59.0 Å². The Labute approximate surface area is 235 Å². The number of hydrogen-bond donors (Lipinski definition) is 2. The summed E-state index contributed by atoms with van der Waals surface area (Å²) in [5.74, 6) is 1.08. The van der Waals surface area contributed by atoms with Gasteiger partial charge in [-0.3, -0.25) is 9.35 Å². The SMILES string of the molecule is CCCCCN(Cc1nc2oc(-c3ccc(Oc4ccc(F)cc4)cc3)c(C(=O)NC)c2cc1C1CC1)S(=O)O. The fourth-order valence-electron chi connectivity index (χ4n) is 4.73. The molecule has 40 heavy (non-hydrogen) atoms. The summed E-state index contributed by atoms with van der Waals surface area (Å²) in [6.45, 7) is 2.79. The van der Waals surface area contributed by atoms with Gasteiger partial charge in [0.1, 0.15) is 23.1 Å². The van der Waals surface area contributed by atoms with Crippen LogP contribution in [0.3, 0.4) is 0 Å². The van der Waals surface area contributed by atoms with Crippen LogP contribution in [0.4, 0.5) is 4.39 Å². The van der Waals surface area contributed by atoms with Crippen molar-refractivity contribution in [1.29, 1.82) is 0 Å². The van der Waals surface area contributed by atoms with Crippen molar-refractivity contribution in [2.45, 2.75) is 51.5 Å². The van der Waals surface area contributed by atoms with Crippen molar-refractivity contribution in [2.75, 3.05) is 13.6 Å². The maximum Gasteiger partial charge on any atom is 0.255 e. The Morgan fingerprint density at radius 1 is 1.15 bits per heavy atom. The van der Waals surface area contributed by atoms with Crippen molar-refractivity contribution in [3.63, 3.8) is 0 Å². The summed E-state index contributed by atoms with van der Waals surface area (Å²) in [5, 5.41) is 3.32. The number of ether oxygens (including phenoxy) is 1. The summed E-state index contributed by atoms with van der Waals surface area (Å²) >= 11 is -2.13. The summed E-state index contributed by atoms with van der Waals surface area (Å²) < 4.78 is 48.8. The first-order chi connectivity index (χ1) is 19.4. The molecule has 1 unspecified atom stereocenters. The van der Waals surface area contributed by atoms with Gasteiger partial charge in [0.05, 0.1) is 23.2 Å². The van der Waals surface area contributed by atoms with E-state index in [0.717, 1.165) is 37.7 Å². The van der Waals surface area contributed by atoms with Gasteiger partial charge in [0.15, 0.2) is 0 Å². The zero-order valence-corrected chi connectivity index (χ0v) is 23.3. The predicted octanol–water partition coefficient (Wildman–Crippen LogP) is 6.79. The van der Waals surface area contributed by atoms with E-state index in [1.165, 1.54) is 16.4 Å². The first kappa shape index (κ1) is 27.9. The number of amides is 1. The molecule has 1 atom stereocenters. The molecule has 2 heterocycles. The maximum absolute atomic E-state index is 13.2. The normalized spacial score (nSPS) is 14.0. The minimum Gasteiger partial charge on any atom is -0.457 e. The molecule has 1 fully saturated rings. The number of hydrogen-bond acceptors (Lipinski definition) is 5. The quantitative estimate of drug-likeness (QED) is 0.145. The van der Waals surface area contributed by atoms with Crippen molar-refractivity contribution in [2.24, 2.45) is 0 Å². The van der Waals surface area contributed by atoms with E-state index < -0.39 is 11.3 Å². The second-order valence-electron chi connectivity index (χ2n) is 9.92. The molecule has 0 radical (unpaired) electrons. The number of nitrogens with zero attached hydrogens (tertiary/aromatic N) is 2. The molecule has 0 saturated heterocycles. The van der Waals surface area contributed by atoms with E-state index >= 15 is 0 Å². The summed E-state index contributed by atoms with van der Waals surface area (Å²) in [7, 11) is 1.57. The maximum atomic E-state index is 13.2. The summed E-state index contributed by atoms with van der Waals surface area (Å²) in [4.78, 5) is 17.9. The van der Waals surface area contributed by atoms with E-state index in [9.17, 15) is 17.9 Å². The van der Waals surface area contributed by atoms with Crippen molar-refractivity contribution in [3.8, 4) is 22.8 Å². The Morgan fingerprint density at radius 3 is 2.42 bits per heavy atom. The number of carbonyl (C=O) groups is 1. The van der Waals surface area contributed by atoms with Gasteiger partial charge in [-0.1, -0.05) is 19.8 Å². The van der Waals surface area contributed by atoms with E-state index in [2.05, 4.69) is 12.2 Å². The van der Waals surface area contributed by atoms with Crippen molar-refractivity contribution >= 4 is 28.3 Å². The molecule has 0 bridgehead atoms. The molecule has 4 aromatic rings. The monoisotopic (exact) mass is 565 g/mol. The number of nitrogens with one attached hydrogen (secondary N) is 1. The number of rotatable bonds is 12. The number of fused-ring (bicyclic) bond motifs is 1. The minimum atomic E-state index is -2.13. The number of aromatic nitrogens is 1. The molecular weight excluding hydrogens is 533 g/mol. The van der Waals surface area contributed by atoms with Crippen molar-refractivity contribution < 1.29 is 27.1 Å². The minimum absolute atomic E-state index is 0.218. The molecule has 1 amide bonds. The van der Waals surface area contributed by atoms with Crippen molar-refractivity contribution in [3.05, 3.63) is 77.2 Å². The Bertz CT molecular complexity index is 1520. The third-order valence-electron chi connectivity index (χ3n) is 6.99. The molecule has 0 spiro atoms. The molecule has 8 nitrogen and oxygen atoms in total. The highest BCUT2D eigenvalue weighted by Gasteiger charge is 2.31. The molecular formula is C30H32FN3O5S. The largest absolute Gasteiger partial charge is 0.457 e. The van der Waals surface area contributed by atoms with Crippen LogP contribution in [0, 0.1) is 5.82 Å². The van der Waals surface area contributed by atoms with Gasteiger partial charge in [-0.25, -0.2) is 13.6 Å². The van der Waals surface area contributed by atoms with Gasteiger partial charge in [-0.05, 0) is 85.3 Å². The average Bonchev–Trinajstić information content (AvgIpc) is 3.73. The van der Waals surface area contributed by atoms with Crippen LogP contribution in [0.1, 0.15) is 66.6 Å². The number of furan rings is 1. The molecule has 2 N–H and O–H groups in total. The second kappa shape index (κ2) is 12.3. The third-order valence-corrected chi connectivity index (χ3v) is 7.74. The van der Waals surface area contributed by atoms with Crippen molar-refractivity contribution in [1.82, 2.24) is 14.6 Å². The van der Waals surface area contributed by atoms with Crippen LogP contribution in [-0.2, 0) is 17.8 Å². The molecule has 1 aliphatic rings. The standard InChI is InChI=1S/C30H32FN3O5S/c1-3-4-5-16-34(40(36)37)18-26-24(19-6-7-19)17-25-27(29(35)32-2)28(39-30(25)33-26)20-8-12-22(13-9-20)38-23-14-10-21(31)11-15-23/h8-15,17,19H,3-7,16,18H2,1-2H3,(H,32,35)(H,36,37). The lowest BCUT2D eigenvalue weighted by atomic mass is 10.0. The van der Waals surface area contributed by atoms with E-state index in [4.69, 9.17) is 14.1 Å². The summed E-state index contributed by atoms with van der Waals surface area (Å²) in [6, 6.07) is 14.8. The fourth-order valence-corrected chi connectivity index (χ4v) is 5.25. The summed E-state index contributed by atoms with van der Waals surface area (Å²) in [6.07, 6.45) is 4.82. The fraction of sp³-hybridized carbons (Fsp3) is 0.333. The first-order valence-corrected chi connectivity index (χ1v) is 14.5. The van der Waals surface area contributed by atoms with E-state index in [-0.39, 0.29) is 18.3 Å². The van der Waals surface area contributed by atoms with Crippen LogP contribution >= 0.6 is 0 Å². The lowest BCUT2D eigenvalue weighted by Crippen LogP contribution is -2.27. The second-order valence-corrected chi connectivity index (χ2v) is 10.9. The van der Waals surface area contributed by atoms with Gasteiger partial charge in [0.2, 0.25) is 17.0 Å². The van der Waals surface area contributed by atoms with Gasteiger partial charge in [0.25, 0.3) is 5.91 Å². The van der Waals surface area contributed by atoms with Gasteiger partial charge >= 0.3 is 0 Å². The zero-order valence-electron chi connectivity index (χ0n) is 22.5.